The molecule has 1 heteroatoms. The highest BCUT2D eigenvalue weighted by molar-refractivity contribution is 5.13. The number of hydrogen-bond donors (Lipinski definition) is 1. The number of hydrogen-bond acceptors (Lipinski definition) is 1. The molecular formula is C13H24O. The van der Waals surface area contributed by atoms with E-state index in [-0.39, 0.29) is 11.5 Å². The van der Waals surface area contributed by atoms with Crippen molar-refractivity contribution < 1.29 is 5.11 Å². The normalized spacial score (nSPS) is 13.6. The summed E-state index contributed by atoms with van der Waals surface area (Å²) >= 11 is 0. The highest BCUT2D eigenvalue weighted by Crippen LogP contribution is 2.32. The first kappa shape index (κ1) is 13.4. The van der Waals surface area contributed by atoms with E-state index in [1.54, 1.807) is 0 Å². The van der Waals surface area contributed by atoms with Gasteiger partial charge < -0.3 is 5.11 Å². The summed E-state index contributed by atoms with van der Waals surface area (Å²) in [6, 6.07) is 0. The molecule has 0 aliphatic heterocycles. The van der Waals surface area contributed by atoms with Crippen molar-refractivity contribution in [3.8, 4) is 0 Å². The van der Waals surface area contributed by atoms with E-state index in [2.05, 4.69) is 27.4 Å². The van der Waals surface area contributed by atoms with Gasteiger partial charge in [0, 0.05) is 5.41 Å². The van der Waals surface area contributed by atoms with Crippen LogP contribution >= 0.6 is 0 Å². The van der Waals surface area contributed by atoms with E-state index in [9.17, 15) is 5.11 Å². The third-order valence-corrected chi connectivity index (χ3v) is 3.29. The molecular weight excluding hydrogens is 172 g/mol. The maximum Gasteiger partial charge on any atom is 0.0665 e. The Morgan fingerprint density at radius 1 is 1.21 bits per heavy atom. The number of allylic oxidation sites excluding steroid dienone is 1. The van der Waals surface area contributed by atoms with Crippen LogP contribution in [0.4, 0.5) is 0 Å². The molecule has 1 unspecified atom stereocenters. The average molecular weight is 196 g/mol. The molecule has 0 bridgehead atoms. The number of aliphatic hydroxyl groups excluding tert-OH is 1. The zero-order valence-electron chi connectivity index (χ0n) is 10.4. The van der Waals surface area contributed by atoms with Crippen LogP contribution in [0, 0.1) is 5.41 Å². The van der Waals surface area contributed by atoms with Crippen LogP contribution in [0.5, 0.6) is 0 Å². The number of rotatable bonds is 4. The summed E-state index contributed by atoms with van der Waals surface area (Å²) in [5, 5.41) is 10.1. The van der Waals surface area contributed by atoms with Crippen LogP contribution < -0.4 is 0 Å². The van der Waals surface area contributed by atoms with E-state index < -0.39 is 0 Å². The van der Waals surface area contributed by atoms with Gasteiger partial charge in [-0.05, 0) is 34.1 Å². The molecule has 1 nitrogen and oxygen atoms in total. The highest BCUT2D eigenvalue weighted by atomic mass is 16.3. The molecule has 0 rings (SSSR count). The Balaban J connectivity index is 4.58. The summed E-state index contributed by atoms with van der Waals surface area (Å²) in [5.41, 5.74) is 3.40. The first-order valence-corrected chi connectivity index (χ1v) is 5.16. The van der Waals surface area contributed by atoms with Crippen LogP contribution in [0.1, 0.15) is 48.0 Å². The maximum atomic E-state index is 10.1. The minimum Gasteiger partial charge on any atom is -0.392 e. The molecule has 0 aromatic rings. The predicted molar refractivity (Wildman–Crippen MR) is 63.3 cm³/mol. The van der Waals surface area contributed by atoms with Gasteiger partial charge in [0.25, 0.3) is 0 Å². The fourth-order valence-electron chi connectivity index (χ4n) is 1.03. The molecule has 1 N–H and O–H groups in total. The van der Waals surface area contributed by atoms with Gasteiger partial charge in [-0.2, -0.15) is 0 Å². The minimum atomic E-state index is -0.338. The van der Waals surface area contributed by atoms with Gasteiger partial charge in [-0.25, -0.2) is 0 Å². The second-order valence-electron chi connectivity index (χ2n) is 5.00. The zero-order chi connectivity index (χ0) is 11.5. The van der Waals surface area contributed by atoms with Gasteiger partial charge >= 0.3 is 0 Å². The second kappa shape index (κ2) is 4.79. The van der Waals surface area contributed by atoms with E-state index in [4.69, 9.17) is 0 Å². The topological polar surface area (TPSA) is 20.2 Å². The quantitative estimate of drug-likeness (QED) is 0.680. The lowest BCUT2D eigenvalue weighted by molar-refractivity contribution is 0.0750. The van der Waals surface area contributed by atoms with Gasteiger partial charge in [-0.15, -0.1) is 0 Å². The molecule has 1 atom stereocenters. The van der Waals surface area contributed by atoms with Gasteiger partial charge in [-0.3, -0.25) is 0 Å². The van der Waals surface area contributed by atoms with Crippen molar-refractivity contribution in [1.29, 1.82) is 0 Å². The maximum absolute atomic E-state index is 10.1. The Bertz CT molecular complexity index is 242. The lowest BCUT2D eigenvalue weighted by atomic mass is 9.78. The molecule has 0 aliphatic carbocycles. The van der Waals surface area contributed by atoms with Crippen molar-refractivity contribution in [2.45, 2.75) is 54.1 Å². The van der Waals surface area contributed by atoms with Crippen LogP contribution in [0.15, 0.2) is 23.3 Å². The minimum absolute atomic E-state index is 0.198. The standard InChI is InChI=1S/C13H24O/c1-9(2)11(5)8-12(14)13(6,7)10(3)4/h12,14H,3,8H2,1-2,4-7H3. The molecule has 0 radical (unpaired) electrons. The summed E-state index contributed by atoms with van der Waals surface area (Å²) in [5.74, 6) is 0. The molecule has 0 amide bonds. The molecule has 0 saturated heterocycles. The summed E-state index contributed by atoms with van der Waals surface area (Å²) < 4.78 is 0. The van der Waals surface area contributed by atoms with Crippen LogP contribution in [0.25, 0.3) is 0 Å². The van der Waals surface area contributed by atoms with E-state index in [0.717, 1.165) is 12.0 Å². The van der Waals surface area contributed by atoms with Gasteiger partial charge in [0.2, 0.25) is 0 Å². The van der Waals surface area contributed by atoms with Crippen molar-refractivity contribution in [3.63, 3.8) is 0 Å². The molecule has 0 saturated carbocycles. The van der Waals surface area contributed by atoms with Gasteiger partial charge in [-0.1, -0.05) is 37.1 Å². The fraction of sp³-hybridized carbons (Fsp3) is 0.692. The monoisotopic (exact) mass is 196 g/mol. The first-order chi connectivity index (χ1) is 6.19. The van der Waals surface area contributed by atoms with E-state index in [1.165, 1.54) is 11.1 Å². The van der Waals surface area contributed by atoms with Crippen LogP contribution in [-0.4, -0.2) is 11.2 Å². The second-order valence-corrected chi connectivity index (χ2v) is 5.00. The Morgan fingerprint density at radius 2 is 1.64 bits per heavy atom. The molecule has 0 spiro atoms. The van der Waals surface area contributed by atoms with Crippen LogP contribution in [0.3, 0.4) is 0 Å². The Hall–Kier alpha value is -0.560. The lowest BCUT2D eigenvalue weighted by Crippen LogP contribution is -2.30. The largest absolute Gasteiger partial charge is 0.392 e. The van der Waals surface area contributed by atoms with Crippen LogP contribution in [-0.2, 0) is 0 Å². The predicted octanol–water partition coefficient (Wildman–Crippen LogP) is 3.70. The van der Waals surface area contributed by atoms with Crippen molar-refractivity contribution in [2.24, 2.45) is 5.41 Å². The van der Waals surface area contributed by atoms with Gasteiger partial charge in [0.15, 0.2) is 0 Å². The van der Waals surface area contributed by atoms with E-state index in [1.807, 2.05) is 20.8 Å². The molecule has 0 aromatic heterocycles. The summed E-state index contributed by atoms with van der Waals surface area (Å²) in [7, 11) is 0. The number of aliphatic hydroxyl groups is 1. The smallest absolute Gasteiger partial charge is 0.0665 e. The van der Waals surface area contributed by atoms with Crippen molar-refractivity contribution in [3.05, 3.63) is 23.3 Å². The Labute approximate surface area is 88.5 Å². The van der Waals surface area contributed by atoms with Crippen molar-refractivity contribution >= 4 is 0 Å². The average Bonchev–Trinajstić information content (AvgIpc) is 2.03. The molecule has 0 aromatic carbocycles. The summed E-state index contributed by atoms with van der Waals surface area (Å²) in [6.07, 6.45) is 0.400. The summed E-state index contributed by atoms with van der Waals surface area (Å²) in [4.78, 5) is 0. The van der Waals surface area contributed by atoms with Gasteiger partial charge in [0.05, 0.1) is 6.10 Å². The molecule has 14 heavy (non-hydrogen) atoms. The lowest BCUT2D eigenvalue weighted by Gasteiger charge is -2.31. The van der Waals surface area contributed by atoms with E-state index in [0.29, 0.717) is 0 Å². The zero-order valence-corrected chi connectivity index (χ0v) is 10.4. The molecule has 0 fully saturated rings. The van der Waals surface area contributed by atoms with Crippen molar-refractivity contribution in [2.75, 3.05) is 0 Å². The molecule has 0 aliphatic rings. The SMILES string of the molecule is C=C(C)C(C)(C)C(O)CC(C)=C(C)C. The van der Waals surface area contributed by atoms with Crippen molar-refractivity contribution in [1.82, 2.24) is 0 Å². The first-order valence-electron chi connectivity index (χ1n) is 5.16. The highest BCUT2D eigenvalue weighted by Gasteiger charge is 2.28. The van der Waals surface area contributed by atoms with Gasteiger partial charge in [0.1, 0.15) is 0 Å². The fourth-order valence-corrected chi connectivity index (χ4v) is 1.03. The molecule has 82 valence electrons. The Morgan fingerprint density at radius 3 is 1.93 bits per heavy atom. The Kier molecular flexibility index (Phi) is 4.60. The summed E-state index contributed by atoms with van der Waals surface area (Å²) in [6.45, 7) is 16.2. The third-order valence-electron chi connectivity index (χ3n) is 3.29. The third kappa shape index (κ3) is 3.30. The van der Waals surface area contributed by atoms with E-state index >= 15 is 0 Å². The van der Waals surface area contributed by atoms with Crippen LogP contribution in [0.2, 0.25) is 0 Å². The molecule has 0 heterocycles.